The van der Waals surface area contributed by atoms with Crippen molar-refractivity contribution >= 4 is 27.5 Å². The highest BCUT2D eigenvalue weighted by Crippen LogP contribution is 2.35. The molecule has 5 nitrogen and oxygen atoms in total. The molecule has 0 saturated heterocycles. The predicted molar refractivity (Wildman–Crippen MR) is 77.6 cm³/mol. The summed E-state index contributed by atoms with van der Waals surface area (Å²) in [5.74, 6) is 0.121. The Morgan fingerprint density at radius 3 is 2.76 bits per heavy atom. The third kappa shape index (κ3) is 2.57. The smallest absolute Gasteiger partial charge is 0.256 e. The molecule has 21 heavy (non-hydrogen) atoms. The third-order valence-corrected chi connectivity index (χ3v) is 3.75. The highest BCUT2D eigenvalue weighted by molar-refractivity contribution is 9.10. The first-order chi connectivity index (χ1) is 10.1. The van der Waals surface area contributed by atoms with E-state index in [4.69, 9.17) is 9.68 Å². The van der Waals surface area contributed by atoms with E-state index in [2.05, 4.69) is 26.9 Å². The van der Waals surface area contributed by atoms with Crippen LogP contribution in [0.5, 0.6) is 11.5 Å². The number of benzene rings is 2. The van der Waals surface area contributed by atoms with Crippen LogP contribution in [0, 0.1) is 12.7 Å². The summed E-state index contributed by atoms with van der Waals surface area (Å²) in [6.45, 7) is 1.60. The monoisotopic (exact) mass is 352 g/mol. The lowest BCUT2D eigenvalue weighted by Gasteiger charge is -2.10. The number of halogens is 2. The molecule has 0 fully saturated rings. The van der Waals surface area contributed by atoms with Gasteiger partial charge in [-0.1, -0.05) is 6.07 Å². The number of hydrogen-bond donors (Lipinski definition) is 2. The van der Waals surface area contributed by atoms with Gasteiger partial charge in [-0.2, -0.15) is 0 Å². The van der Waals surface area contributed by atoms with Crippen LogP contribution in [0.1, 0.15) is 15.9 Å². The fourth-order valence-corrected chi connectivity index (χ4v) is 2.41. The maximum atomic E-state index is 13.5. The molecule has 0 aromatic heterocycles. The van der Waals surface area contributed by atoms with Crippen LogP contribution in [0.3, 0.4) is 0 Å². The fourth-order valence-electron chi connectivity index (χ4n) is 1.91. The number of nitrogens with one attached hydrogen (secondary N) is 2. The van der Waals surface area contributed by atoms with Crippen LogP contribution in [0.4, 0.5) is 10.1 Å². The molecule has 0 saturated carbocycles. The van der Waals surface area contributed by atoms with Crippen molar-refractivity contribution in [3.05, 3.63) is 51.7 Å². The zero-order chi connectivity index (χ0) is 15.0. The first-order valence-corrected chi connectivity index (χ1v) is 6.84. The standard InChI is InChI=1S/C14H10BrFN2O3/c1-7-10(16)3-2-4-11(7)17-14(19)8-5-12-13(6-9(8)15)21-18-20-12/h2-6,18H,1H3,(H,17,19). The number of amides is 1. The van der Waals surface area contributed by atoms with Crippen molar-refractivity contribution in [1.29, 1.82) is 0 Å². The van der Waals surface area contributed by atoms with Crippen LogP contribution >= 0.6 is 15.9 Å². The number of carbonyl (C=O) groups is 1. The van der Waals surface area contributed by atoms with E-state index in [0.717, 1.165) is 0 Å². The maximum absolute atomic E-state index is 13.5. The molecule has 3 rings (SSSR count). The minimum Gasteiger partial charge on any atom is -0.370 e. The Morgan fingerprint density at radius 2 is 2.00 bits per heavy atom. The van der Waals surface area contributed by atoms with Crippen LogP contribution < -0.4 is 20.6 Å². The second-order valence-corrected chi connectivity index (χ2v) is 5.29. The van der Waals surface area contributed by atoms with Crippen molar-refractivity contribution < 1.29 is 18.9 Å². The first-order valence-electron chi connectivity index (χ1n) is 6.05. The van der Waals surface area contributed by atoms with Crippen LogP contribution in [-0.4, -0.2) is 5.91 Å². The number of rotatable bonds is 2. The summed E-state index contributed by atoms with van der Waals surface area (Å²) in [7, 11) is 0. The highest BCUT2D eigenvalue weighted by Gasteiger charge is 2.21. The summed E-state index contributed by atoms with van der Waals surface area (Å²) >= 11 is 3.30. The molecule has 7 heteroatoms. The van der Waals surface area contributed by atoms with Gasteiger partial charge in [0.1, 0.15) is 5.82 Å². The predicted octanol–water partition coefficient (Wildman–Crippen LogP) is 3.34. The minimum atomic E-state index is -0.381. The summed E-state index contributed by atoms with van der Waals surface area (Å²) in [5, 5.41) is 2.67. The molecule has 2 aromatic carbocycles. The van der Waals surface area contributed by atoms with Crippen molar-refractivity contribution in [3.63, 3.8) is 0 Å². The molecule has 2 N–H and O–H groups in total. The Bertz CT molecular complexity index is 736. The van der Waals surface area contributed by atoms with Gasteiger partial charge in [0.05, 0.1) is 5.56 Å². The molecule has 0 unspecified atom stereocenters. The quantitative estimate of drug-likeness (QED) is 0.870. The molecule has 0 aliphatic carbocycles. The molecule has 1 amide bonds. The molecule has 0 bridgehead atoms. The van der Waals surface area contributed by atoms with Crippen molar-refractivity contribution in [2.24, 2.45) is 0 Å². The Hall–Kier alpha value is -2.12. The van der Waals surface area contributed by atoms with Crippen LogP contribution in [0.2, 0.25) is 0 Å². The second-order valence-electron chi connectivity index (χ2n) is 4.43. The SMILES string of the molecule is Cc1c(F)cccc1NC(=O)c1cc2c(cc1Br)ONO2. The zero-order valence-electron chi connectivity index (χ0n) is 10.9. The van der Waals surface area contributed by atoms with Crippen molar-refractivity contribution in [3.8, 4) is 11.5 Å². The van der Waals surface area contributed by atoms with Gasteiger partial charge in [-0.05, 0) is 35.0 Å². The van der Waals surface area contributed by atoms with E-state index in [1.54, 1.807) is 19.1 Å². The second kappa shape index (κ2) is 5.34. The van der Waals surface area contributed by atoms with E-state index in [1.165, 1.54) is 18.2 Å². The summed E-state index contributed by atoms with van der Waals surface area (Å²) < 4.78 is 14.0. The van der Waals surface area contributed by atoms with Crippen LogP contribution in [0.25, 0.3) is 0 Å². The molecule has 108 valence electrons. The third-order valence-electron chi connectivity index (χ3n) is 3.10. The van der Waals surface area contributed by atoms with Crippen molar-refractivity contribution in [2.45, 2.75) is 6.92 Å². The highest BCUT2D eigenvalue weighted by atomic mass is 79.9. The van der Waals surface area contributed by atoms with Gasteiger partial charge < -0.3 is 15.0 Å². The number of carbonyl (C=O) groups excluding carboxylic acids is 1. The average Bonchev–Trinajstić information content (AvgIpc) is 2.90. The molecular formula is C14H10BrFN2O3. The van der Waals surface area contributed by atoms with E-state index >= 15 is 0 Å². The van der Waals surface area contributed by atoms with E-state index in [1.807, 2.05) is 0 Å². The van der Waals surface area contributed by atoms with Crippen molar-refractivity contribution in [1.82, 2.24) is 5.64 Å². The lowest BCUT2D eigenvalue weighted by Crippen LogP contribution is -2.14. The lowest BCUT2D eigenvalue weighted by atomic mass is 10.1. The van der Waals surface area contributed by atoms with Crippen LogP contribution in [0.15, 0.2) is 34.8 Å². The van der Waals surface area contributed by atoms with E-state index in [0.29, 0.717) is 32.8 Å². The Balaban J connectivity index is 1.91. The lowest BCUT2D eigenvalue weighted by molar-refractivity contribution is 0.0259. The molecule has 0 atom stereocenters. The normalized spacial score (nSPS) is 12.3. The number of anilines is 1. The minimum absolute atomic E-state index is 0.352. The van der Waals surface area contributed by atoms with E-state index in [9.17, 15) is 9.18 Å². The Labute approximate surface area is 128 Å². The number of hydrogen-bond acceptors (Lipinski definition) is 4. The average molecular weight is 353 g/mol. The summed E-state index contributed by atoms with van der Waals surface area (Å²) in [5.41, 5.74) is 3.40. The number of fused-ring (bicyclic) bond motifs is 1. The summed E-state index contributed by atoms with van der Waals surface area (Å²) in [6, 6.07) is 7.66. The fraction of sp³-hybridized carbons (Fsp3) is 0.0714. The van der Waals surface area contributed by atoms with Gasteiger partial charge >= 0.3 is 0 Å². The van der Waals surface area contributed by atoms with Gasteiger partial charge in [0.15, 0.2) is 11.5 Å². The molecule has 0 spiro atoms. The van der Waals surface area contributed by atoms with Crippen molar-refractivity contribution in [2.75, 3.05) is 5.32 Å². The van der Waals surface area contributed by atoms with Crippen LogP contribution in [-0.2, 0) is 0 Å². The Kier molecular flexibility index (Phi) is 3.52. The van der Waals surface area contributed by atoms with Gasteiger partial charge in [-0.15, -0.1) is 0 Å². The largest absolute Gasteiger partial charge is 0.370 e. The molecule has 1 heterocycles. The molecule has 1 aliphatic rings. The molecule has 1 aliphatic heterocycles. The van der Waals surface area contributed by atoms with Gasteiger partial charge in [0.2, 0.25) is 0 Å². The summed E-state index contributed by atoms with van der Waals surface area (Å²) in [6.07, 6.45) is 0. The van der Waals surface area contributed by atoms with Gasteiger partial charge in [0, 0.05) is 33.5 Å². The van der Waals surface area contributed by atoms with E-state index < -0.39 is 0 Å². The van der Waals surface area contributed by atoms with Gasteiger partial charge in [-0.25, -0.2) is 4.39 Å². The van der Waals surface area contributed by atoms with Gasteiger partial charge in [-0.3, -0.25) is 4.79 Å². The molecule has 2 aromatic rings. The zero-order valence-corrected chi connectivity index (χ0v) is 12.5. The first kappa shape index (κ1) is 13.8. The topological polar surface area (TPSA) is 59.6 Å². The molecular weight excluding hydrogens is 343 g/mol. The Morgan fingerprint density at radius 1 is 1.29 bits per heavy atom. The maximum Gasteiger partial charge on any atom is 0.256 e. The molecule has 0 radical (unpaired) electrons. The van der Waals surface area contributed by atoms with E-state index in [-0.39, 0.29) is 11.7 Å². The van der Waals surface area contributed by atoms with Gasteiger partial charge in [0.25, 0.3) is 5.91 Å². The summed E-state index contributed by atoms with van der Waals surface area (Å²) in [4.78, 5) is 22.3.